The van der Waals surface area contributed by atoms with Crippen LogP contribution >= 0.6 is 11.3 Å². The summed E-state index contributed by atoms with van der Waals surface area (Å²) in [6.07, 6.45) is 0.876. The first kappa shape index (κ1) is 10.8. The first-order valence-corrected chi connectivity index (χ1v) is 6.66. The Morgan fingerprint density at radius 3 is 2.82 bits per heavy atom. The molecule has 2 aromatic rings. The lowest BCUT2D eigenvalue weighted by Gasteiger charge is -2.29. The van der Waals surface area contributed by atoms with E-state index in [0.29, 0.717) is 0 Å². The summed E-state index contributed by atoms with van der Waals surface area (Å²) in [5.74, 6) is 0. The molecule has 2 unspecified atom stereocenters. The maximum atomic E-state index is 10.7. The number of aliphatic hydroxyl groups is 1. The van der Waals surface area contributed by atoms with Crippen LogP contribution < -0.4 is 5.32 Å². The van der Waals surface area contributed by atoms with Crippen molar-refractivity contribution in [1.82, 2.24) is 0 Å². The van der Waals surface area contributed by atoms with E-state index >= 15 is 0 Å². The molecule has 2 heterocycles. The van der Waals surface area contributed by atoms with Gasteiger partial charge in [-0.3, -0.25) is 0 Å². The van der Waals surface area contributed by atoms with Crippen LogP contribution in [0.3, 0.4) is 0 Å². The summed E-state index contributed by atoms with van der Waals surface area (Å²) in [6, 6.07) is 12.3. The van der Waals surface area contributed by atoms with E-state index in [2.05, 4.69) is 17.4 Å². The minimum absolute atomic E-state index is 0.0542. The molecule has 2 nitrogen and oxygen atoms in total. The van der Waals surface area contributed by atoms with Gasteiger partial charge in [0.15, 0.2) is 0 Å². The average Bonchev–Trinajstić information content (AvgIpc) is 2.98. The third-order valence-corrected chi connectivity index (χ3v) is 4.57. The Hall–Kier alpha value is -1.32. The fourth-order valence-electron chi connectivity index (χ4n) is 2.38. The Balaban J connectivity index is 1.89. The van der Waals surface area contributed by atoms with E-state index in [0.717, 1.165) is 17.0 Å². The van der Waals surface area contributed by atoms with Crippen molar-refractivity contribution in [3.8, 4) is 0 Å². The Kier molecular flexibility index (Phi) is 2.45. The molecule has 1 aliphatic heterocycles. The van der Waals surface area contributed by atoms with Gasteiger partial charge >= 0.3 is 0 Å². The Morgan fingerprint density at radius 1 is 1.29 bits per heavy atom. The quantitative estimate of drug-likeness (QED) is 0.852. The van der Waals surface area contributed by atoms with Crippen molar-refractivity contribution in [3.63, 3.8) is 0 Å². The summed E-state index contributed by atoms with van der Waals surface area (Å²) < 4.78 is 0. The predicted octanol–water partition coefficient (Wildman–Crippen LogP) is 2.99. The standard InChI is InChI=1S/C14H15NOS/c1-14(16,13-7-4-8-17-13)12-9-10-5-2-3-6-11(10)15-12/h2-8,12,15-16H,9H2,1H3. The number of anilines is 1. The van der Waals surface area contributed by atoms with Crippen LogP contribution in [0.15, 0.2) is 41.8 Å². The van der Waals surface area contributed by atoms with E-state index in [9.17, 15) is 5.11 Å². The molecular formula is C14H15NOS. The van der Waals surface area contributed by atoms with E-state index in [1.807, 2.05) is 36.6 Å². The number of fused-ring (bicyclic) bond motifs is 1. The van der Waals surface area contributed by atoms with Crippen LogP contribution in [0.25, 0.3) is 0 Å². The molecule has 0 amide bonds. The van der Waals surface area contributed by atoms with Gasteiger partial charge in [-0.25, -0.2) is 0 Å². The number of nitrogens with one attached hydrogen (secondary N) is 1. The van der Waals surface area contributed by atoms with E-state index in [-0.39, 0.29) is 6.04 Å². The second kappa shape index (κ2) is 3.86. The van der Waals surface area contributed by atoms with Gasteiger partial charge < -0.3 is 10.4 Å². The lowest BCUT2D eigenvalue weighted by Crippen LogP contribution is -2.40. The van der Waals surface area contributed by atoms with Crippen molar-refractivity contribution in [2.24, 2.45) is 0 Å². The first-order valence-electron chi connectivity index (χ1n) is 5.79. The van der Waals surface area contributed by atoms with Crippen LogP contribution in [0.1, 0.15) is 17.4 Å². The smallest absolute Gasteiger partial charge is 0.116 e. The molecule has 0 aliphatic carbocycles. The lowest BCUT2D eigenvalue weighted by atomic mass is 9.92. The molecule has 3 heteroatoms. The summed E-state index contributed by atoms with van der Waals surface area (Å²) in [5.41, 5.74) is 1.62. The molecule has 1 aliphatic rings. The zero-order valence-electron chi connectivity index (χ0n) is 9.68. The maximum absolute atomic E-state index is 10.7. The van der Waals surface area contributed by atoms with Crippen molar-refractivity contribution in [2.45, 2.75) is 25.0 Å². The molecule has 0 bridgehead atoms. The van der Waals surface area contributed by atoms with Crippen molar-refractivity contribution in [2.75, 3.05) is 5.32 Å². The Morgan fingerprint density at radius 2 is 2.12 bits per heavy atom. The zero-order valence-corrected chi connectivity index (χ0v) is 10.5. The lowest BCUT2D eigenvalue weighted by molar-refractivity contribution is 0.0419. The number of rotatable bonds is 2. The van der Waals surface area contributed by atoms with Crippen LogP contribution in [0.4, 0.5) is 5.69 Å². The second-order valence-electron chi connectivity index (χ2n) is 4.68. The Bertz CT molecular complexity index is 494. The van der Waals surface area contributed by atoms with Crippen LogP contribution in [0.2, 0.25) is 0 Å². The third kappa shape index (κ3) is 1.75. The van der Waals surface area contributed by atoms with Gasteiger partial charge in [0.05, 0.1) is 6.04 Å². The van der Waals surface area contributed by atoms with Crippen LogP contribution in [0, 0.1) is 0 Å². The summed E-state index contributed by atoms with van der Waals surface area (Å²) in [6.45, 7) is 1.89. The van der Waals surface area contributed by atoms with E-state index in [1.165, 1.54) is 5.56 Å². The zero-order chi connectivity index (χ0) is 11.9. The molecule has 2 atom stereocenters. The Labute approximate surface area is 105 Å². The summed E-state index contributed by atoms with van der Waals surface area (Å²) >= 11 is 1.61. The van der Waals surface area contributed by atoms with Gasteiger partial charge in [-0.05, 0) is 36.4 Å². The highest BCUT2D eigenvalue weighted by molar-refractivity contribution is 7.10. The van der Waals surface area contributed by atoms with Gasteiger partial charge in [-0.1, -0.05) is 24.3 Å². The summed E-state index contributed by atoms with van der Waals surface area (Å²) in [4.78, 5) is 1.02. The SMILES string of the molecule is CC(O)(c1cccs1)C1Cc2ccccc2N1. The van der Waals surface area contributed by atoms with E-state index in [1.54, 1.807) is 11.3 Å². The predicted molar refractivity (Wildman–Crippen MR) is 71.4 cm³/mol. The monoisotopic (exact) mass is 245 g/mol. The second-order valence-corrected chi connectivity index (χ2v) is 5.63. The maximum Gasteiger partial charge on any atom is 0.116 e. The molecule has 88 valence electrons. The topological polar surface area (TPSA) is 32.3 Å². The minimum atomic E-state index is -0.812. The molecule has 0 saturated carbocycles. The van der Waals surface area contributed by atoms with Gasteiger partial charge in [0.1, 0.15) is 5.60 Å². The normalized spacial score (nSPS) is 21.6. The van der Waals surface area contributed by atoms with E-state index in [4.69, 9.17) is 0 Å². The van der Waals surface area contributed by atoms with Crippen molar-refractivity contribution in [3.05, 3.63) is 52.2 Å². The third-order valence-electron chi connectivity index (χ3n) is 3.47. The van der Waals surface area contributed by atoms with Crippen molar-refractivity contribution >= 4 is 17.0 Å². The number of hydrogen-bond donors (Lipinski definition) is 2. The van der Waals surface area contributed by atoms with Crippen molar-refractivity contribution in [1.29, 1.82) is 0 Å². The average molecular weight is 245 g/mol. The van der Waals surface area contributed by atoms with Crippen molar-refractivity contribution < 1.29 is 5.11 Å². The molecule has 1 aromatic heterocycles. The van der Waals surface area contributed by atoms with Gasteiger partial charge in [0, 0.05) is 10.6 Å². The van der Waals surface area contributed by atoms with Crippen LogP contribution in [0.5, 0.6) is 0 Å². The molecule has 3 rings (SSSR count). The molecule has 2 N–H and O–H groups in total. The molecule has 17 heavy (non-hydrogen) atoms. The molecular weight excluding hydrogens is 230 g/mol. The number of para-hydroxylation sites is 1. The van der Waals surface area contributed by atoms with E-state index < -0.39 is 5.60 Å². The number of thiophene rings is 1. The van der Waals surface area contributed by atoms with Crippen LogP contribution in [-0.4, -0.2) is 11.1 Å². The molecule has 0 radical (unpaired) electrons. The minimum Gasteiger partial charge on any atom is -0.382 e. The van der Waals surface area contributed by atoms with Crippen LogP contribution in [-0.2, 0) is 12.0 Å². The number of benzene rings is 1. The summed E-state index contributed by atoms with van der Waals surface area (Å²) in [5, 5.41) is 16.1. The highest BCUT2D eigenvalue weighted by Crippen LogP contribution is 2.37. The molecule has 0 fully saturated rings. The molecule has 0 saturated heterocycles. The van der Waals surface area contributed by atoms with Gasteiger partial charge in [0.2, 0.25) is 0 Å². The molecule has 1 aromatic carbocycles. The van der Waals surface area contributed by atoms with Gasteiger partial charge in [-0.15, -0.1) is 11.3 Å². The highest BCUT2D eigenvalue weighted by Gasteiger charge is 2.38. The fraction of sp³-hybridized carbons (Fsp3) is 0.286. The molecule has 0 spiro atoms. The van der Waals surface area contributed by atoms with Gasteiger partial charge in [-0.2, -0.15) is 0 Å². The first-order chi connectivity index (χ1) is 8.18. The summed E-state index contributed by atoms with van der Waals surface area (Å²) in [7, 11) is 0. The fourth-order valence-corrected chi connectivity index (χ4v) is 3.22. The highest BCUT2D eigenvalue weighted by atomic mass is 32.1. The number of hydrogen-bond acceptors (Lipinski definition) is 3. The largest absolute Gasteiger partial charge is 0.382 e. The van der Waals surface area contributed by atoms with Gasteiger partial charge in [0.25, 0.3) is 0 Å².